The molecule has 0 radical (unpaired) electrons. The predicted octanol–water partition coefficient (Wildman–Crippen LogP) is 5.66. The first-order valence-corrected chi connectivity index (χ1v) is 10.4. The molecular formula is C23H19N3O4S. The van der Waals surface area contributed by atoms with E-state index in [1.165, 1.54) is 29.5 Å². The van der Waals surface area contributed by atoms with Crippen molar-refractivity contribution in [2.45, 2.75) is 20.4 Å². The fourth-order valence-electron chi connectivity index (χ4n) is 3.27. The van der Waals surface area contributed by atoms with Gasteiger partial charge in [-0.25, -0.2) is 4.98 Å². The van der Waals surface area contributed by atoms with Crippen LogP contribution in [0, 0.1) is 24.0 Å². The molecular weight excluding hydrogens is 414 g/mol. The van der Waals surface area contributed by atoms with Crippen LogP contribution in [0.1, 0.15) is 22.5 Å². The highest BCUT2D eigenvalue weighted by atomic mass is 32.1. The van der Waals surface area contributed by atoms with Gasteiger partial charge in [-0.2, -0.15) is 0 Å². The molecule has 31 heavy (non-hydrogen) atoms. The molecule has 4 aromatic rings. The Kier molecular flexibility index (Phi) is 5.64. The van der Waals surface area contributed by atoms with Crippen molar-refractivity contribution in [3.05, 3.63) is 93.4 Å². The molecule has 0 unspecified atom stereocenters. The van der Waals surface area contributed by atoms with Crippen LogP contribution in [-0.4, -0.2) is 15.8 Å². The molecule has 4 rings (SSSR count). The number of nitro groups is 1. The number of thiazole rings is 1. The van der Waals surface area contributed by atoms with E-state index in [0.717, 1.165) is 21.3 Å². The highest BCUT2D eigenvalue weighted by Gasteiger charge is 2.20. The van der Waals surface area contributed by atoms with Gasteiger partial charge in [-0.05, 0) is 54.8 Å². The molecule has 0 saturated heterocycles. The van der Waals surface area contributed by atoms with Gasteiger partial charge in [0.05, 0.1) is 27.9 Å². The van der Waals surface area contributed by atoms with Gasteiger partial charge < -0.3 is 4.42 Å². The van der Waals surface area contributed by atoms with Gasteiger partial charge in [-0.15, -0.1) is 0 Å². The van der Waals surface area contributed by atoms with Crippen LogP contribution >= 0.6 is 11.3 Å². The molecule has 0 bridgehead atoms. The Morgan fingerprint density at radius 2 is 2.06 bits per heavy atom. The van der Waals surface area contributed by atoms with Crippen molar-refractivity contribution in [3.8, 4) is 0 Å². The number of aryl methyl sites for hydroxylation is 2. The lowest BCUT2D eigenvalue weighted by atomic mass is 10.1. The molecule has 2 aromatic heterocycles. The molecule has 156 valence electrons. The van der Waals surface area contributed by atoms with Gasteiger partial charge in [-0.3, -0.25) is 19.8 Å². The van der Waals surface area contributed by atoms with Crippen LogP contribution in [0.15, 0.2) is 65.3 Å². The molecule has 0 aliphatic rings. The molecule has 8 heteroatoms. The van der Waals surface area contributed by atoms with Crippen LogP contribution in [0.25, 0.3) is 16.3 Å². The smallest absolute Gasteiger partial charge is 0.270 e. The lowest BCUT2D eigenvalue weighted by Crippen LogP contribution is -2.28. The summed E-state index contributed by atoms with van der Waals surface area (Å²) in [6.07, 6.45) is 4.52. The summed E-state index contributed by atoms with van der Waals surface area (Å²) in [5.41, 5.74) is 3.59. The topological polar surface area (TPSA) is 89.5 Å². The summed E-state index contributed by atoms with van der Waals surface area (Å²) in [4.78, 5) is 29.9. The Morgan fingerprint density at radius 1 is 1.23 bits per heavy atom. The number of rotatable bonds is 6. The molecule has 2 aromatic carbocycles. The third kappa shape index (κ3) is 4.54. The van der Waals surface area contributed by atoms with E-state index < -0.39 is 4.92 Å². The number of benzene rings is 2. The summed E-state index contributed by atoms with van der Waals surface area (Å²) in [5.74, 6) is 0.334. The van der Waals surface area contributed by atoms with Crippen molar-refractivity contribution in [1.29, 1.82) is 0 Å². The Balaban J connectivity index is 1.68. The third-order valence-electron chi connectivity index (χ3n) is 4.71. The zero-order valence-electron chi connectivity index (χ0n) is 16.9. The Labute approximate surface area is 182 Å². The van der Waals surface area contributed by atoms with E-state index in [9.17, 15) is 14.9 Å². The number of anilines is 1. The normalized spacial score (nSPS) is 11.3. The van der Waals surface area contributed by atoms with Crippen LogP contribution in [0.5, 0.6) is 0 Å². The summed E-state index contributed by atoms with van der Waals surface area (Å²) in [7, 11) is 0. The summed E-state index contributed by atoms with van der Waals surface area (Å²) < 4.78 is 6.45. The summed E-state index contributed by atoms with van der Waals surface area (Å²) in [5, 5.41) is 11.6. The van der Waals surface area contributed by atoms with E-state index in [0.29, 0.717) is 16.5 Å². The molecule has 0 N–H and O–H groups in total. The maximum absolute atomic E-state index is 13.1. The molecule has 1 amide bonds. The van der Waals surface area contributed by atoms with Crippen LogP contribution in [-0.2, 0) is 11.3 Å². The van der Waals surface area contributed by atoms with Crippen molar-refractivity contribution >= 4 is 44.4 Å². The molecule has 0 spiro atoms. The SMILES string of the molecule is Cc1cc(C)c2nc(N(Cc3ccco3)C(=O)/C=C/c3cccc([N+](=O)[O-])c3)sc2c1. The molecule has 0 saturated carbocycles. The average molecular weight is 433 g/mol. The molecule has 0 aliphatic carbocycles. The lowest BCUT2D eigenvalue weighted by Gasteiger charge is -2.16. The van der Waals surface area contributed by atoms with Crippen molar-refractivity contribution < 1.29 is 14.1 Å². The van der Waals surface area contributed by atoms with Crippen LogP contribution in [0.3, 0.4) is 0 Å². The predicted molar refractivity (Wildman–Crippen MR) is 121 cm³/mol. The van der Waals surface area contributed by atoms with Gasteiger partial charge in [0.1, 0.15) is 5.76 Å². The van der Waals surface area contributed by atoms with Gasteiger partial charge in [0, 0.05) is 18.2 Å². The van der Waals surface area contributed by atoms with Crippen LogP contribution in [0.2, 0.25) is 0 Å². The van der Waals surface area contributed by atoms with Crippen molar-refractivity contribution in [3.63, 3.8) is 0 Å². The van der Waals surface area contributed by atoms with E-state index >= 15 is 0 Å². The standard InChI is InChI=1S/C23H19N3O4S/c1-15-11-16(2)22-20(12-15)31-23(24-22)25(14-19-7-4-10-30-19)21(27)9-8-17-5-3-6-18(13-17)26(28)29/h3-13H,14H2,1-2H3/b9-8+. The number of hydrogen-bond donors (Lipinski definition) is 0. The minimum absolute atomic E-state index is 0.0286. The second-order valence-corrected chi connectivity index (χ2v) is 8.12. The quantitative estimate of drug-likeness (QED) is 0.222. The molecule has 7 nitrogen and oxygen atoms in total. The van der Waals surface area contributed by atoms with E-state index in [4.69, 9.17) is 9.40 Å². The van der Waals surface area contributed by atoms with Crippen molar-refractivity contribution in [2.75, 3.05) is 4.90 Å². The second kappa shape index (κ2) is 8.53. The number of amides is 1. The molecule has 0 atom stereocenters. The third-order valence-corrected chi connectivity index (χ3v) is 5.73. The lowest BCUT2D eigenvalue weighted by molar-refractivity contribution is -0.384. The fraction of sp³-hybridized carbons (Fsp3) is 0.130. The summed E-state index contributed by atoms with van der Waals surface area (Å²) in [6, 6.07) is 13.8. The number of nitro benzene ring substituents is 1. The van der Waals surface area contributed by atoms with E-state index in [1.807, 2.05) is 13.8 Å². The Morgan fingerprint density at radius 3 is 2.81 bits per heavy atom. The van der Waals surface area contributed by atoms with Crippen molar-refractivity contribution in [1.82, 2.24) is 4.98 Å². The summed E-state index contributed by atoms with van der Waals surface area (Å²) >= 11 is 1.44. The minimum Gasteiger partial charge on any atom is -0.467 e. The highest BCUT2D eigenvalue weighted by molar-refractivity contribution is 7.22. The number of non-ortho nitro benzene ring substituents is 1. The first-order valence-electron chi connectivity index (χ1n) is 9.55. The van der Waals surface area contributed by atoms with E-state index in [1.54, 1.807) is 41.5 Å². The number of carbonyl (C=O) groups excluding carboxylic acids is 1. The number of aromatic nitrogens is 1. The molecule has 0 aliphatic heterocycles. The number of furan rings is 1. The van der Waals surface area contributed by atoms with Crippen LogP contribution < -0.4 is 4.90 Å². The second-order valence-electron chi connectivity index (χ2n) is 7.11. The van der Waals surface area contributed by atoms with Gasteiger partial charge in [0.2, 0.25) is 0 Å². The van der Waals surface area contributed by atoms with Gasteiger partial charge in [0.25, 0.3) is 11.6 Å². The van der Waals surface area contributed by atoms with Gasteiger partial charge >= 0.3 is 0 Å². The number of carbonyl (C=O) groups is 1. The van der Waals surface area contributed by atoms with E-state index in [-0.39, 0.29) is 18.1 Å². The highest BCUT2D eigenvalue weighted by Crippen LogP contribution is 2.32. The number of nitrogens with zero attached hydrogens (tertiary/aromatic N) is 3. The first kappa shape index (κ1) is 20.5. The Bertz CT molecular complexity index is 1290. The average Bonchev–Trinajstić information content (AvgIpc) is 3.40. The van der Waals surface area contributed by atoms with E-state index in [2.05, 4.69) is 12.1 Å². The Hall–Kier alpha value is -3.78. The maximum Gasteiger partial charge on any atom is 0.270 e. The zero-order chi connectivity index (χ0) is 22.0. The monoisotopic (exact) mass is 433 g/mol. The van der Waals surface area contributed by atoms with Crippen LogP contribution in [0.4, 0.5) is 10.8 Å². The van der Waals surface area contributed by atoms with Gasteiger partial charge in [-0.1, -0.05) is 29.5 Å². The van der Waals surface area contributed by atoms with Crippen molar-refractivity contribution in [2.24, 2.45) is 0 Å². The number of fused-ring (bicyclic) bond motifs is 1. The fourth-order valence-corrected chi connectivity index (χ4v) is 4.42. The largest absolute Gasteiger partial charge is 0.467 e. The molecule has 0 fully saturated rings. The first-order chi connectivity index (χ1) is 14.9. The zero-order valence-corrected chi connectivity index (χ0v) is 17.8. The van der Waals surface area contributed by atoms with Gasteiger partial charge in [0.15, 0.2) is 5.13 Å². The maximum atomic E-state index is 13.1. The molecule has 2 heterocycles. The minimum atomic E-state index is -0.464. The number of hydrogen-bond acceptors (Lipinski definition) is 6. The summed E-state index contributed by atoms with van der Waals surface area (Å²) in [6.45, 7) is 4.25.